The molecule has 134 valence electrons. The van der Waals surface area contributed by atoms with Crippen molar-refractivity contribution >= 4 is 32.8 Å². The Balaban J connectivity index is 1.63. The van der Waals surface area contributed by atoms with E-state index < -0.39 is 5.97 Å². The number of nitrogens with one attached hydrogen (secondary N) is 1. The van der Waals surface area contributed by atoms with Crippen molar-refractivity contribution in [2.45, 2.75) is 32.6 Å². The molecule has 0 saturated heterocycles. The molecule has 1 aliphatic rings. The SMILES string of the molecule is Cc1cc(CC(=O)O)cc(Br)c1Oc1ccc2[nH]cc(CC3CC3)c2c1. The first-order chi connectivity index (χ1) is 12.5. The van der Waals surface area contributed by atoms with Gasteiger partial charge in [-0.05, 0) is 89.0 Å². The van der Waals surface area contributed by atoms with Crippen LogP contribution in [0, 0.1) is 12.8 Å². The van der Waals surface area contributed by atoms with Crippen molar-refractivity contribution in [1.29, 1.82) is 0 Å². The van der Waals surface area contributed by atoms with Crippen LogP contribution >= 0.6 is 15.9 Å². The summed E-state index contributed by atoms with van der Waals surface area (Å²) in [7, 11) is 0. The van der Waals surface area contributed by atoms with Crippen LogP contribution in [0.3, 0.4) is 0 Å². The number of fused-ring (bicyclic) bond motifs is 1. The van der Waals surface area contributed by atoms with Crippen molar-refractivity contribution in [1.82, 2.24) is 4.98 Å². The summed E-state index contributed by atoms with van der Waals surface area (Å²) >= 11 is 3.52. The first-order valence-corrected chi connectivity index (χ1v) is 9.57. The zero-order chi connectivity index (χ0) is 18.3. The number of carbonyl (C=O) groups is 1. The van der Waals surface area contributed by atoms with Gasteiger partial charge in [-0.2, -0.15) is 0 Å². The predicted molar refractivity (Wildman–Crippen MR) is 105 cm³/mol. The van der Waals surface area contributed by atoms with Gasteiger partial charge in [-0.15, -0.1) is 0 Å². The van der Waals surface area contributed by atoms with Gasteiger partial charge in [0.15, 0.2) is 0 Å². The van der Waals surface area contributed by atoms with Gasteiger partial charge in [-0.1, -0.05) is 6.07 Å². The average Bonchev–Trinajstić information content (AvgIpc) is 3.30. The molecule has 26 heavy (non-hydrogen) atoms. The minimum Gasteiger partial charge on any atom is -0.481 e. The summed E-state index contributed by atoms with van der Waals surface area (Å²) in [6.45, 7) is 1.93. The molecule has 0 radical (unpaired) electrons. The number of aliphatic carboxylic acids is 1. The van der Waals surface area contributed by atoms with Crippen LogP contribution in [0.2, 0.25) is 0 Å². The number of H-pyrrole nitrogens is 1. The van der Waals surface area contributed by atoms with E-state index in [-0.39, 0.29) is 6.42 Å². The molecule has 0 amide bonds. The second-order valence-electron chi connectivity index (χ2n) is 7.07. The zero-order valence-corrected chi connectivity index (χ0v) is 16.1. The van der Waals surface area contributed by atoms with E-state index >= 15 is 0 Å². The zero-order valence-electron chi connectivity index (χ0n) is 14.5. The Morgan fingerprint density at radius 2 is 2.12 bits per heavy atom. The molecule has 2 N–H and O–H groups in total. The van der Waals surface area contributed by atoms with Crippen LogP contribution in [-0.4, -0.2) is 16.1 Å². The van der Waals surface area contributed by atoms with Crippen LogP contribution in [0.4, 0.5) is 0 Å². The summed E-state index contributed by atoms with van der Waals surface area (Å²) < 4.78 is 6.91. The molecule has 3 aromatic rings. The fourth-order valence-corrected chi connectivity index (χ4v) is 4.04. The lowest BCUT2D eigenvalue weighted by atomic mass is 10.1. The first kappa shape index (κ1) is 17.2. The number of hydrogen-bond acceptors (Lipinski definition) is 2. The maximum Gasteiger partial charge on any atom is 0.307 e. The summed E-state index contributed by atoms with van der Waals surface area (Å²) in [4.78, 5) is 14.3. The van der Waals surface area contributed by atoms with Crippen LogP contribution in [0.25, 0.3) is 10.9 Å². The predicted octanol–water partition coefficient (Wildman–Crippen LogP) is 5.61. The van der Waals surface area contributed by atoms with Crippen LogP contribution in [0.1, 0.15) is 29.5 Å². The Labute approximate surface area is 160 Å². The van der Waals surface area contributed by atoms with Gasteiger partial charge in [0.2, 0.25) is 0 Å². The lowest BCUT2D eigenvalue weighted by Gasteiger charge is -2.13. The summed E-state index contributed by atoms with van der Waals surface area (Å²) in [5, 5.41) is 10.2. The summed E-state index contributed by atoms with van der Waals surface area (Å²) in [6, 6.07) is 9.76. The number of ether oxygens (including phenoxy) is 1. The van der Waals surface area contributed by atoms with E-state index in [1.807, 2.05) is 31.2 Å². The summed E-state index contributed by atoms with van der Waals surface area (Å²) in [5.74, 6) is 1.49. The third-order valence-corrected chi connectivity index (χ3v) is 5.40. The maximum absolute atomic E-state index is 10.9. The van der Waals surface area contributed by atoms with E-state index in [9.17, 15) is 4.79 Å². The van der Waals surface area contributed by atoms with Crippen molar-refractivity contribution in [2.24, 2.45) is 5.92 Å². The molecule has 1 saturated carbocycles. The number of aromatic nitrogens is 1. The Bertz CT molecular complexity index is 965. The van der Waals surface area contributed by atoms with E-state index in [2.05, 4.69) is 33.2 Å². The number of halogens is 1. The highest BCUT2D eigenvalue weighted by atomic mass is 79.9. The second kappa shape index (κ2) is 6.80. The standard InChI is InChI=1S/C21H20BrNO3/c1-12-6-14(9-20(24)25)8-18(22)21(12)26-16-4-5-19-17(10-16)15(11-23-19)7-13-2-3-13/h4-6,8,10-11,13,23H,2-3,7,9H2,1H3,(H,24,25). The third kappa shape index (κ3) is 3.63. The van der Waals surface area contributed by atoms with E-state index in [1.165, 1.54) is 23.8 Å². The molecule has 0 aliphatic heterocycles. The number of carboxylic acids is 1. The molecular weight excluding hydrogens is 394 g/mol. The largest absolute Gasteiger partial charge is 0.481 e. The highest BCUT2D eigenvalue weighted by Gasteiger charge is 2.23. The van der Waals surface area contributed by atoms with Crippen molar-refractivity contribution in [3.05, 3.63) is 57.7 Å². The van der Waals surface area contributed by atoms with Gasteiger partial charge in [0.1, 0.15) is 11.5 Å². The van der Waals surface area contributed by atoms with Gasteiger partial charge in [-0.3, -0.25) is 4.79 Å². The second-order valence-corrected chi connectivity index (χ2v) is 7.92. The van der Waals surface area contributed by atoms with Crippen molar-refractivity contribution in [3.8, 4) is 11.5 Å². The fraction of sp³-hybridized carbons (Fsp3) is 0.286. The molecule has 5 heteroatoms. The van der Waals surface area contributed by atoms with Gasteiger partial charge in [0.25, 0.3) is 0 Å². The first-order valence-electron chi connectivity index (χ1n) is 8.78. The molecule has 1 fully saturated rings. The molecule has 0 spiro atoms. The van der Waals surface area contributed by atoms with Gasteiger partial charge in [0.05, 0.1) is 10.9 Å². The van der Waals surface area contributed by atoms with Gasteiger partial charge < -0.3 is 14.8 Å². The van der Waals surface area contributed by atoms with Crippen LogP contribution < -0.4 is 4.74 Å². The number of carboxylic acid groups (broad SMARTS) is 1. The minimum atomic E-state index is -0.842. The number of aryl methyl sites for hydroxylation is 1. The Morgan fingerprint density at radius 1 is 1.31 bits per heavy atom. The van der Waals surface area contributed by atoms with Gasteiger partial charge in [-0.25, -0.2) is 0 Å². The number of rotatable bonds is 6. The Kier molecular flexibility index (Phi) is 4.49. The summed E-state index contributed by atoms with van der Waals surface area (Å²) in [5.41, 5.74) is 4.13. The normalized spacial score (nSPS) is 13.9. The smallest absolute Gasteiger partial charge is 0.307 e. The molecule has 4 rings (SSSR count). The van der Waals surface area contributed by atoms with E-state index in [0.29, 0.717) is 0 Å². The maximum atomic E-state index is 10.9. The lowest BCUT2D eigenvalue weighted by Crippen LogP contribution is -2.01. The van der Waals surface area contributed by atoms with Gasteiger partial charge in [0, 0.05) is 17.1 Å². The van der Waals surface area contributed by atoms with Crippen molar-refractivity contribution < 1.29 is 14.6 Å². The highest BCUT2D eigenvalue weighted by molar-refractivity contribution is 9.10. The Hall–Kier alpha value is -2.27. The molecule has 2 aromatic carbocycles. The lowest BCUT2D eigenvalue weighted by molar-refractivity contribution is -0.136. The topological polar surface area (TPSA) is 62.3 Å². The highest BCUT2D eigenvalue weighted by Crippen LogP contribution is 2.38. The third-order valence-electron chi connectivity index (χ3n) is 4.81. The molecule has 0 atom stereocenters. The molecule has 0 bridgehead atoms. The molecule has 1 heterocycles. The van der Waals surface area contributed by atoms with E-state index in [4.69, 9.17) is 9.84 Å². The van der Waals surface area contributed by atoms with Crippen LogP contribution in [0.5, 0.6) is 11.5 Å². The molecule has 0 unspecified atom stereocenters. The quantitative estimate of drug-likeness (QED) is 0.551. The van der Waals surface area contributed by atoms with Gasteiger partial charge >= 0.3 is 5.97 Å². The molecular formula is C21H20BrNO3. The number of benzene rings is 2. The Morgan fingerprint density at radius 3 is 2.81 bits per heavy atom. The number of hydrogen-bond donors (Lipinski definition) is 2. The molecule has 1 aromatic heterocycles. The summed E-state index contributed by atoms with van der Waals surface area (Å²) in [6.07, 6.45) is 5.89. The molecule has 4 nitrogen and oxygen atoms in total. The number of aromatic amines is 1. The van der Waals surface area contributed by atoms with E-state index in [1.54, 1.807) is 0 Å². The van der Waals surface area contributed by atoms with Crippen molar-refractivity contribution in [3.63, 3.8) is 0 Å². The van der Waals surface area contributed by atoms with Crippen LogP contribution in [-0.2, 0) is 17.6 Å². The monoisotopic (exact) mass is 413 g/mol. The van der Waals surface area contributed by atoms with Crippen molar-refractivity contribution in [2.75, 3.05) is 0 Å². The van der Waals surface area contributed by atoms with E-state index in [0.717, 1.165) is 45.0 Å². The van der Waals surface area contributed by atoms with Crippen LogP contribution in [0.15, 0.2) is 41.0 Å². The average molecular weight is 414 g/mol. The minimum absolute atomic E-state index is 0.000441. The molecule has 1 aliphatic carbocycles. The fourth-order valence-electron chi connectivity index (χ4n) is 3.35.